The Kier molecular flexibility index (Phi) is 3.83. The summed E-state index contributed by atoms with van der Waals surface area (Å²) in [5.41, 5.74) is 1.33. The fourth-order valence-electron chi connectivity index (χ4n) is 2.02. The van der Waals surface area contributed by atoms with Crippen molar-refractivity contribution in [2.75, 3.05) is 5.32 Å². The monoisotopic (exact) mass is 301 g/mol. The summed E-state index contributed by atoms with van der Waals surface area (Å²) in [7, 11) is 0. The maximum atomic E-state index is 12.1. The molecule has 0 saturated carbocycles. The Balaban J connectivity index is 1.65. The lowest BCUT2D eigenvalue weighted by Gasteiger charge is -2.07. The highest BCUT2D eigenvalue weighted by Gasteiger charge is 2.27. The van der Waals surface area contributed by atoms with Crippen LogP contribution in [0.3, 0.4) is 0 Å². The summed E-state index contributed by atoms with van der Waals surface area (Å²) in [5, 5.41) is 6.83. The fourth-order valence-corrected chi connectivity index (χ4v) is 2.19. The highest BCUT2D eigenvalue weighted by Crippen LogP contribution is 2.27. The topological polar surface area (TPSA) is 63.6 Å². The highest BCUT2D eigenvalue weighted by atomic mass is 35.5. The van der Waals surface area contributed by atoms with Gasteiger partial charge in [0.25, 0.3) is 5.91 Å². The van der Waals surface area contributed by atoms with Crippen LogP contribution in [0.1, 0.15) is 18.1 Å². The molecule has 1 N–H and O–H groups in total. The number of amides is 1. The Morgan fingerprint density at radius 3 is 2.76 bits per heavy atom. The van der Waals surface area contributed by atoms with Gasteiger partial charge < -0.3 is 10.2 Å². The third kappa shape index (κ3) is 3.20. The molecule has 6 heteroatoms. The second kappa shape index (κ2) is 5.93. The van der Waals surface area contributed by atoms with Crippen molar-refractivity contribution in [1.29, 1.82) is 0 Å². The number of hydrogen-bond acceptors (Lipinski definition) is 4. The molecule has 0 bridgehead atoms. The standard InChI is InChI=1S/C15H12ClN3O2/c16-13-7-4-8-14(17-13)18-15(20)11-9-12(21-19-11)10-5-2-1-3-6-10/h1-8,12H,9H2,(H,17,18,20)/t12-/m1/s1. The average molecular weight is 302 g/mol. The Bertz CT molecular complexity index is 688. The van der Waals surface area contributed by atoms with Gasteiger partial charge in [-0.15, -0.1) is 0 Å². The van der Waals surface area contributed by atoms with Gasteiger partial charge in [-0.2, -0.15) is 0 Å². The molecule has 0 fully saturated rings. The third-order valence-corrected chi connectivity index (χ3v) is 3.27. The van der Waals surface area contributed by atoms with E-state index in [2.05, 4.69) is 15.5 Å². The van der Waals surface area contributed by atoms with E-state index >= 15 is 0 Å². The number of anilines is 1. The van der Waals surface area contributed by atoms with Gasteiger partial charge in [-0.3, -0.25) is 4.79 Å². The minimum atomic E-state index is -0.330. The van der Waals surface area contributed by atoms with Crippen molar-refractivity contribution >= 4 is 29.0 Å². The molecular formula is C15H12ClN3O2. The minimum Gasteiger partial charge on any atom is -0.387 e. The number of nitrogens with zero attached hydrogens (tertiary/aromatic N) is 2. The number of hydrogen-bond donors (Lipinski definition) is 1. The van der Waals surface area contributed by atoms with Crippen molar-refractivity contribution in [2.24, 2.45) is 5.16 Å². The van der Waals surface area contributed by atoms with E-state index in [0.717, 1.165) is 5.56 Å². The van der Waals surface area contributed by atoms with Crippen molar-refractivity contribution in [3.05, 3.63) is 59.2 Å². The number of rotatable bonds is 3. The molecule has 106 valence electrons. The van der Waals surface area contributed by atoms with E-state index in [1.807, 2.05) is 30.3 Å². The molecule has 1 aliphatic heterocycles. The molecule has 1 amide bonds. The third-order valence-electron chi connectivity index (χ3n) is 3.06. The van der Waals surface area contributed by atoms with Crippen molar-refractivity contribution < 1.29 is 9.63 Å². The van der Waals surface area contributed by atoms with Gasteiger partial charge in [-0.1, -0.05) is 53.2 Å². The van der Waals surface area contributed by atoms with Gasteiger partial charge in [0.05, 0.1) is 0 Å². The molecular weight excluding hydrogens is 290 g/mol. The van der Waals surface area contributed by atoms with Crippen LogP contribution in [-0.4, -0.2) is 16.6 Å². The Morgan fingerprint density at radius 1 is 1.19 bits per heavy atom. The van der Waals surface area contributed by atoms with Gasteiger partial charge in [0, 0.05) is 6.42 Å². The molecule has 0 unspecified atom stereocenters. The second-order valence-corrected chi connectivity index (χ2v) is 4.93. The Hall–Kier alpha value is -2.40. The van der Waals surface area contributed by atoms with E-state index in [4.69, 9.17) is 16.4 Å². The maximum Gasteiger partial charge on any atom is 0.274 e. The zero-order valence-corrected chi connectivity index (χ0v) is 11.7. The van der Waals surface area contributed by atoms with Crippen LogP contribution in [0.5, 0.6) is 0 Å². The highest BCUT2D eigenvalue weighted by molar-refractivity contribution is 6.43. The van der Waals surface area contributed by atoms with Crippen molar-refractivity contribution in [3.8, 4) is 0 Å². The summed E-state index contributed by atoms with van der Waals surface area (Å²) in [6.45, 7) is 0. The van der Waals surface area contributed by atoms with E-state index in [0.29, 0.717) is 23.1 Å². The summed E-state index contributed by atoms with van der Waals surface area (Å²) < 4.78 is 0. The SMILES string of the molecule is O=C(Nc1cccc(Cl)n1)C1=NO[C@@H](c2ccccc2)C1. The maximum absolute atomic E-state index is 12.1. The number of carbonyl (C=O) groups excluding carboxylic acids is 1. The quantitative estimate of drug-likeness (QED) is 0.886. The van der Waals surface area contributed by atoms with E-state index in [1.54, 1.807) is 18.2 Å². The number of nitrogens with one attached hydrogen (secondary N) is 1. The molecule has 0 saturated heterocycles. The number of benzene rings is 1. The first-order valence-electron chi connectivity index (χ1n) is 6.44. The summed E-state index contributed by atoms with van der Waals surface area (Å²) >= 11 is 5.77. The van der Waals surface area contributed by atoms with E-state index < -0.39 is 0 Å². The predicted molar refractivity (Wildman–Crippen MR) is 80.2 cm³/mol. The van der Waals surface area contributed by atoms with Crippen LogP contribution < -0.4 is 5.32 Å². The van der Waals surface area contributed by atoms with Crippen LogP contribution in [0, 0.1) is 0 Å². The lowest BCUT2D eigenvalue weighted by Crippen LogP contribution is -2.22. The smallest absolute Gasteiger partial charge is 0.274 e. The molecule has 5 nitrogen and oxygen atoms in total. The van der Waals surface area contributed by atoms with Crippen molar-refractivity contribution in [2.45, 2.75) is 12.5 Å². The van der Waals surface area contributed by atoms with Gasteiger partial charge >= 0.3 is 0 Å². The zero-order valence-electron chi connectivity index (χ0n) is 11.0. The number of oxime groups is 1. The Labute approximate surface area is 126 Å². The number of carbonyl (C=O) groups is 1. The summed E-state index contributed by atoms with van der Waals surface area (Å²) in [6, 6.07) is 14.7. The van der Waals surface area contributed by atoms with Gasteiger partial charge in [0.1, 0.15) is 16.7 Å². The Morgan fingerprint density at radius 2 is 2.00 bits per heavy atom. The predicted octanol–water partition coefficient (Wildman–Crippen LogP) is 3.19. The number of halogens is 1. The van der Waals surface area contributed by atoms with Gasteiger partial charge in [0.2, 0.25) is 0 Å². The molecule has 1 aromatic carbocycles. The van der Waals surface area contributed by atoms with Gasteiger partial charge in [-0.05, 0) is 17.7 Å². The van der Waals surface area contributed by atoms with Crippen molar-refractivity contribution in [1.82, 2.24) is 4.98 Å². The van der Waals surface area contributed by atoms with Crippen LogP contribution >= 0.6 is 11.6 Å². The number of pyridine rings is 1. The van der Waals surface area contributed by atoms with Crippen LogP contribution in [0.2, 0.25) is 5.15 Å². The van der Waals surface area contributed by atoms with Crippen LogP contribution in [-0.2, 0) is 9.63 Å². The molecule has 0 aliphatic carbocycles. The molecule has 2 aromatic rings. The summed E-state index contributed by atoms with van der Waals surface area (Å²) in [5.74, 6) is 0.0570. The first-order chi connectivity index (χ1) is 10.2. The fraction of sp³-hybridized carbons (Fsp3) is 0.133. The molecule has 0 spiro atoms. The van der Waals surface area contributed by atoms with Crippen LogP contribution in [0.25, 0.3) is 0 Å². The lowest BCUT2D eigenvalue weighted by molar-refractivity contribution is -0.110. The summed E-state index contributed by atoms with van der Waals surface area (Å²) in [6.07, 6.45) is 0.204. The van der Waals surface area contributed by atoms with E-state index in [1.165, 1.54) is 0 Å². The largest absolute Gasteiger partial charge is 0.387 e. The van der Waals surface area contributed by atoms with Gasteiger partial charge in [0.15, 0.2) is 6.10 Å². The minimum absolute atomic E-state index is 0.223. The first kappa shape index (κ1) is 13.6. The summed E-state index contributed by atoms with van der Waals surface area (Å²) in [4.78, 5) is 21.4. The second-order valence-electron chi connectivity index (χ2n) is 4.55. The molecule has 1 aromatic heterocycles. The average Bonchev–Trinajstić information content (AvgIpc) is 2.98. The van der Waals surface area contributed by atoms with Crippen molar-refractivity contribution in [3.63, 3.8) is 0 Å². The molecule has 2 heterocycles. The number of aromatic nitrogens is 1. The van der Waals surface area contributed by atoms with E-state index in [-0.39, 0.29) is 12.0 Å². The lowest BCUT2D eigenvalue weighted by atomic mass is 10.0. The van der Waals surface area contributed by atoms with Crippen LogP contribution in [0.15, 0.2) is 53.7 Å². The normalized spacial score (nSPS) is 17.0. The van der Waals surface area contributed by atoms with Gasteiger partial charge in [-0.25, -0.2) is 4.98 Å². The molecule has 1 atom stereocenters. The molecule has 21 heavy (non-hydrogen) atoms. The zero-order chi connectivity index (χ0) is 14.7. The first-order valence-corrected chi connectivity index (χ1v) is 6.82. The van der Waals surface area contributed by atoms with E-state index in [9.17, 15) is 4.79 Å². The molecule has 1 aliphatic rings. The van der Waals surface area contributed by atoms with Crippen LogP contribution in [0.4, 0.5) is 5.82 Å². The molecule has 0 radical (unpaired) electrons. The molecule has 3 rings (SSSR count).